The van der Waals surface area contributed by atoms with Gasteiger partial charge in [-0.15, -0.1) is 0 Å². The minimum absolute atomic E-state index is 0.0896. The van der Waals surface area contributed by atoms with Crippen LogP contribution >= 0.6 is 0 Å². The Bertz CT molecular complexity index is 859. The van der Waals surface area contributed by atoms with E-state index in [9.17, 15) is 4.79 Å². The maximum Gasteiger partial charge on any atom is 0.228 e. The first-order valence-corrected chi connectivity index (χ1v) is 10.0. The van der Waals surface area contributed by atoms with Crippen molar-refractivity contribution in [2.24, 2.45) is 5.73 Å². The van der Waals surface area contributed by atoms with Gasteiger partial charge in [0.05, 0.1) is 23.6 Å². The van der Waals surface area contributed by atoms with E-state index in [0.29, 0.717) is 25.2 Å². The molecule has 0 aromatic heterocycles. The molecule has 28 heavy (non-hydrogen) atoms. The van der Waals surface area contributed by atoms with Crippen LogP contribution in [0, 0.1) is 0 Å². The van der Waals surface area contributed by atoms with Crippen LogP contribution in [0.1, 0.15) is 42.9 Å². The molecule has 0 unspecified atom stereocenters. The number of anilines is 1. The number of para-hydroxylation sites is 1. The van der Waals surface area contributed by atoms with Gasteiger partial charge < -0.3 is 21.3 Å². The summed E-state index contributed by atoms with van der Waals surface area (Å²) in [7, 11) is 1.86. The Kier molecular flexibility index (Phi) is 6.71. The van der Waals surface area contributed by atoms with Crippen LogP contribution in [0.25, 0.3) is 11.4 Å². The van der Waals surface area contributed by atoms with E-state index in [2.05, 4.69) is 29.7 Å². The van der Waals surface area contributed by atoms with Crippen LogP contribution in [0.5, 0.6) is 0 Å². The van der Waals surface area contributed by atoms with E-state index in [-0.39, 0.29) is 5.91 Å². The molecular weight excluding hydrogens is 348 g/mol. The minimum Gasteiger partial charge on any atom is -0.396 e. The molecule has 3 rings (SSSR count). The first-order chi connectivity index (χ1) is 13.7. The molecule has 4 N–H and O–H groups in total. The van der Waals surface area contributed by atoms with Crippen LogP contribution in [0.4, 0.5) is 5.69 Å². The second kappa shape index (κ2) is 9.42. The van der Waals surface area contributed by atoms with Crippen molar-refractivity contribution in [3.63, 3.8) is 0 Å². The lowest BCUT2D eigenvalue weighted by Gasteiger charge is -2.30. The highest BCUT2D eigenvalue weighted by Gasteiger charge is 2.25. The largest absolute Gasteiger partial charge is 0.396 e. The van der Waals surface area contributed by atoms with Gasteiger partial charge in [0, 0.05) is 30.6 Å². The number of amides is 1. The van der Waals surface area contributed by atoms with Gasteiger partial charge in [-0.3, -0.25) is 4.79 Å². The van der Waals surface area contributed by atoms with Crippen molar-refractivity contribution in [3.05, 3.63) is 65.2 Å². The Morgan fingerprint density at radius 1 is 1.07 bits per heavy atom. The third-order valence-corrected chi connectivity index (χ3v) is 5.09. The van der Waals surface area contributed by atoms with E-state index >= 15 is 0 Å². The van der Waals surface area contributed by atoms with Gasteiger partial charge in [-0.1, -0.05) is 55.8 Å². The Balaban J connectivity index is 2.13. The number of hydrogen-bond donors (Lipinski definition) is 3. The van der Waals surface area contributed by atoms with Gasteiger partial charge in [0.2, 0.25) is 5.91 Å². The molecule has 0 spiro atoms. The van der Waals surface area contributed by atoms with Gasteiger partial charge in [0.25, 0.3) is 0 Å². The van der Waals surface area contributed by atoms with Gasteiger partial charge in [-0.25, -0.2) is 0 Å². The molecule has 1 aliphatic heterocycles. The van der Waals surface area contributed by atoms with Gasteiger partial charge in [-0.05, 0) is 25.1 Å². The summed E-state index contributed by atoms with van der Waals surface area (Å²) in [6, 6.07) is 16.1. The maximum atomic E-state index is 13.0. The predicted molar refractivity (Wildman–Crippen MR) is 117 cm³/mol. The summed E-state index contributed by atoms with van der Waals surface area (Å²) in [4.78, 5) is 14.9. The number of nitrogens with two attached hydrogens (primary N) is 1. The highest BCUT2D eigenvalue weighted by Crippen LogP contribution is 2.34. The first-order valence-electron chi connectivity index (χ1n) is 10.0. The van der Waals surface area contributed by atoms with Crippen molar-refractivity contribution in [2.45, 2.75) is 32.7 Å². The van der Waals surface area contributed by atoms with Crippen LogP contribution < -0.4 is 21.3 Å². The molecule has 0 fully saturated rings. The lowest BCUT2D eigenvalue weighted by atomic mass is 9.95. The molecular formula is C23H30N4O. The van der Waals surface area contributed by atoms with Crippen LogP contribution in [-0.4, -0.2) is 26.0 Å². The van der Waals surface area contributed by atoms with Crippen LogP contribution in [0.3, 0.4) is 0 Å². The quantitative estimate of drug-likeness (QED) is 0.647. The molecule has 148 valence electrons. The van der Waals surface area contributed by atoms with Crippen LogP contribution in [-0.2, 0) is 11.3 Å². The van der Waals surface area contributed by atoms with Crippen molar-refractivity contribution in [3.8, 4) is 0 Å². The lowest BCUT2D eigenvalue weighted by molar-refractivity contribution is -0.118. The third-order valence-electron chi connectivity index (χ3n) is 5.09. The summed E-state index contributed by atoms with van der Waals surface area (Å²) >= 11 is 0. The Morgan fingerprint density at radius 3 is 2.54 bits per heavy atom. The van der Waals surface area contributed by atoms with E-state index in [4.69, 9.17) is 5.73 Å². The second-order valence-corrected chi connectivity index (χ2v) is 7.08. The lowest BCUT2D eigenvalue weighted by Crippen LogP contribution is -2.35. The number of nitrogens with zero attached hydrogens (tertiary/aromatic N) is 1. The molecule has 1 aliphatic rings. The van der Waals surface area contributed by atoms with Crippen LogP contribution in [0.2, 0.25) is 0 Å². The number of rotatable bonds is 7. The van der Waals surface area contributed by atoms with Gasteiger partial charge in [0.15, 0.2) is 0 Å². The molecule has 2 aromatic carbocycles. The highest BCUT2D eigenvalue weighted by atomic mass is 16.2. The van der Waals surface area contributed by atoms with Crippen molar-refractivity contribution in [1.29, 1.82) is 0 Å². The molecule has 0 radical (unpaired) electrons. The number of nitrogens with one attached hydrogen (secondary N) is 2. The van der Waals surface area contributed by atoms with E-state index < -0.39 is 0 Å². The predicted octanol–water partition coefficient (Wildman–Crippen LogP) is 3.32. The zero-order valence-electron chi connectivity index (χ0n) is 16.8. The number of benzene rings is 2. The number of unbranched alkanes of at least 4 members (excludes halogenated alkanes) is 1. The summed E-state index contributed by atoms with van der Waals surface area (Å²) in [6.45, 7) is 4.22. The summed E-state index contributed by atoms with van der Waals surface area (Å²) in [5, 5.41) is 6.62. The molecule has 0 aliphatic carbocycles. The van der Waals surface area contributed by atoms with E-state index in [0.717, 1.165) is 47.5 Å². The smallest absolute Gasteiger partial charge is 0.228 e. The zero-order chi connectivity index (χ0) is 19.9. The van der Waals surface area contributed by atoms with Crippen LogP contribution in [0.15, 0.2) is 48.5 Å². The van der Waals surface area contributed by atoms with E-state index in [1.165, 1.54) is 0 Å². The molecule has 2 aromatic rings. The fourth-order valence-corrected chi connectivity index (χ4v) is 3.54. The van der Waals surface area contributed by atoms with E-state index in [1.807, 2.05) is 48.3 Å². The van der Waals surface area contributed by atoms with Gasteiger partial charge in [-0.2, -0.15) is 0 Å². The molecule has 0 saturated heterocycles. The van der Waals surface area contributed by atoms with Gasteiger partial charge in [0.1, 0.15) is 0 Å². The summed E-state index contributed by atoms with van der Waals surface area (Å²) in [5.41, 5.74) is 12.3. The fraction of sp³-hybridized carbons (Fsp3) is 0.348. The zero-order valence-corrected chi connectivity index (χ0v) is 16.8. The average molecular weight is 379 g/mol. The fourth-order valence-electron chi connectivity index (χ4n) is 3.54. The second-order valence-electron chi connectivity index (χ2n) is 7.08. The number of carbonyl (C=O) groups excluding carboxylic acids is 1. The molecule has 0 atom stereocenters. The standard InChI is InChI=1S/C23H30N4O/c1-3-4-14-26-23-18-10-6-5-9-17(18)16-27(21(28)13-15-25-2)20-12-8-7-11-19(20)22(23)24/h5-12,25-26H,3-4,13-16,24H2,1-2H3/b23-22-. The third kappa shape index (κ3) is 4.20. The SMILES string of the molecule is CCCCN/C1=C(\N)c2ccccc2N(C(=O)CCNC)Cc2ccccc21. The average Bonchev–Trinajstić information content (AvgIpc) is 2.72. The summed E-state index contributed by atoms with van der Waals surface area (Å²) in [5.74, 6) is 0.0896. The summed E-state index contributed by atoms with van der Waals surface area (Å²) in [6.07, 6.45) is 2.64. The van der Waals surface area contributed by atoms with Crippen molar-refractivity contribution >= 4 is 23.0 Å². The topological polar surface area (TPSA) is 70.4 Å². The number of fused-ring (bicyclic) bond motifs is 2. The van der Waals surface area contributed by atoms with E-state index in [1.54, 1.807) is 0 Å². The Morgan fingerprint density at radius 2 is 1.79 bits per heavy atom. The Labute approximate surface area is 167 Å². The van der Waals surface area contributed by atoms with Crippen molar-refractivity contribution in [1.82, 2.24) is 10.6 Å². The monoisotopic (exact) mass is 378 g/mol. The molecule has 1 amide bonds. The summed E-state index contributed by atoms with van der Waals surface area (Å²) < 4.78 is 0. The van der Waals surface area contributed by atoms with Crippen molar-refractivity contribution in [2.75, 3.05) is 25.0 Å². The molecule has 5 nitrogen and oxygen atoms in total. The number of hydrogen-bond acceptors (Lipinski definition) is 4. The van der Waals surface area contributed by atoms with Gasteiger partial charge >= 0.3 is 0 Å². The first kappa shape index (κ1) is 20.0. The molecule has 5 heteroatoms. The molecule has 0 bridgehead atoms. The maximum absolute atomic E-state index is 13.0. The highest BCUT2D eigenvalue weighted by molar-refractivity contribution is 6.01. The van der Waals surface area contributed by atoms with Crippen molar-refractivity contribution < 1.29 is 4.79 Å². The normalized spacial score (nSPS) is 16.0. The Hall–Kier alpha value is -2.79. The number of carbonyl (C=O) groups is 1. The molecule has 0 saturated carbocycles. The minimum atomic E-state index is 0.0896. The molecule has 1 heterocycles.